The summed E-state index contributed by atoms with van der Waals surface area (Å²) in [6.07, 6.45) is 7.86. The molecule has 1 saturated heterocycles. The molecule has 2 fully saturated rings. The van der Waals surface area contributed by atoms with Gasteiger partial charge >= 0.3 is 0 Å². The number of nitrogens with one attached hydrogen (secondary N) is 1. The molecule has 0 aromatic rings. The first-order chi connectivity index (χ1) is 9.20. The number of likely N-dealkylation sites (tertiary alicyclic amines) is 1. The third-order valence-electron chi connectivity index (χ3n) is 4.41. The van der Waals surface area contributed by atoms with Gasteiger partial charge in [0, 0.05) is 31.5 Å². The van der Waals surface area contributed by atoms with Gasteiger partial charge in [-0.1, -0.05) is 19.8 Å². The molecule has 0 unspecified atom stereocenters. The van der Waals surface area contributed by atoms with Crippen LogP contribution < -0.4 is 5.32 Å². The van der Waals surface area contributed by atoms with Gasteiger partial charge in [-0.2, -0.15) is 0 Å². The molecule has 0 aromatic heterocycles. The number of unbranched alkanes of at least 4 members (excludes halogenated alkanes) is 1. The number of piperidine rings is 1. The number of rotatable bonds is 5. The minimum Gasteiger partial charge on any atom is -0.353 e. The zero-order valence-corrected chi connectivity index (χ0v) is 12.0. The summed E-state index contributed by atoms with van der Waals surface area (Å²) in [5.74, 6) is 0.789. The molecule has 19 heavy (non-hydrogen) atoms. The van der Waals surface area contributed by atoms with Crippen molar-refractivity contribution in [3.8, 4) is 0 Å². The second-order valence-corrected chi connectivity index (χ2v) is 5.90. The zero-order valence-electron chi connectivity index (χ0n) is 12.0. The van der Waals surface area contributed by atoms with E-state index >= 15 is 0 Å². The van der Waals surface area contributed by atoms with Gasteiger partial charge in [0.15, 0.2) is 0 Å². The average Bonchev–Trinajstić information content (AvgIpc) is 2.34. The molecule has 0 atom stereocenters. The summed E-state index contributed by atoms with van der Waals surface area (Å²) in [5.41, 5.74) is 0. The molecular weight excluding hydrogens is 240 g/mol. The van der Waals surface area contributed by atoms with Crippen LogP contribution in [0, 0.1) is 5.92 Å². The van der Waals surface area contributed by atoms with Crippen LogP contribution in [-0.4, -0.2) is 35.8 Å². The van der Waals surface area contributed by atoms with Crippen LogP contribution in [-0.2, 0) is 9.59 Å². The maximum atomic E-state index is 11.9. The fraction of sp³-hybridized carbons (Fsp3) is 0.867. The number of hydrogen-bond donors (Lipinski definition) is 1. The molecule has 1 saturated carbocycles. The van der Waals surface area contributed by atoms with Gasteiger partial charge < -0.3 is 10.2 Å². The first-order valence-electron chi connectivity index (χ1n) is 7.79. The van der Waals surface area contributed by atoms with Crippen molar-refractivity contribution in [2.75, 3.05) is 13.1 Å². The molecule has 4 heteroatoms. The van der Waals surface area contributed by atoms with E-state index in [2.05, 4.69) is 12.2 Å². The predicted octanol–water partition coefficient (Wildman–Crippen LogP) is 2.08. The van der Waals surface area contributed by atoms with Crippen molar-refractivity contribution in [1.29, 1.82) is 0 Å². The molecule has 1 N–H and O–H groups in total. The molecule has 1 aliphatic heterocycles. The van der Waals surface area contributed by atoms with Crippen molar-refractivity contribution < 1.29 is 9.59 Å². The Morgan fingerprint density at radius 2 is 1.84 bits per heavy atom. The molecule has 108 valence electrons. The molecule has 2 rings (SSSR count). The van der Waals surface area contributed by atoms with E-state index in [-0.39, 0.29) is 23.8 Å². The minimum absolute atomic E-state index is 0.238. The Morgan fingerprint density at radius 1 is 1.16 bits per heavy atom. The Hall–Kier alpha value is -1.06. The SMILES string of the molecule is CCCCC(=O)N1CCC(NC(=O)C2CCC2)CC1. The molecule has 0 radical (unpaired) electrons. The lowest BCUT2D eigenvalue weighted by atomic mass is 9.84. The topological polar surface area (TPSA) is 49.4 Å². The van der Waals surface area contributed by atoms with Gasteiger partial charge in [0.1, 0.15) is 0 Å². The summed E-state index contributed by atoms with van der Waals surface area (Å²) in [5, 5.41) is 3.15. The Bertz CT molecular complexity index is 318. The Kier molecular flexibility index (Phi) is 5.23. The lowest BCUT2D eigenvalue weighted by Gasteiger charge is -2.34. The second kappa shape index (κ2) is 6.92. The summed E-state index contributed by atoms with van der Waals surface area (Å²) >= 11 is 0. The fourth-order valence-corrected chi connectivity index (χ4v) is 2.75. The van der Waals surface area contributed by atoms with Crippen LogP contribution in [0.25, 0.3) is 0 Å². The van der Waals surface area contributed by atoms with Gasteiger partial charge in [-0.05, 0) is 32.1 Å². The summed E-state index contributed by atoms with van der Waals surface area (Å²) in [6.45, 7) is 3.71. The number of carbonyl (C=O) groups excluding carboxylic acids is 2. The quantitative estimate of drug-likeness (QED) is 0.828. The van der Waals surface area contributed by atoms with Crippen LogP contribution in [0.15, 0.2) is 0 Å². The number of carbonyl (C=O) groups is 2. The molecule has 0 bridgehead atoms. The smallest absolute Gasteiger partial charge is 0.223 e. The van der Waals surface area contributed by atoms with E-state index in [1.54, 1.807) is 0 Å². The summed E-state index contributed by atoms with van der Waals surface area (Å²) in [7, 11) is 0. The van der Waals surface area contributed by atoms with E-state index in [0.29, 0.717) is 6.42 Å². The van der Waals surface area contributed by atoms with Gasteiger partial charge in [-0.15, -0.1) is 0 Å². The summed E-state index contributed by atoms with van der Waals surface area (Å²) in [6, 6.07) is 0.281. The van der Waals surface area contributed by atoms with E-state index in [4.69, 9.17) is 0 Å². The third kappa shape index (κ3) is 3.95. The monoisotopic (exact) mass is 266 g/mol. The second-order valence-electron chi connectivity index (χ2n) is 5.90. The van der Waals surface area contributed by atoms with Crippen molar-refractivity contribution >= 4 is 11.8 Å². The first kappa shape index (κ1) is 14.4. The maximum absolute atomic E-state index is 11.9. The molecular formula is C15H26N2O2. The van der Waals surface area contributed by atoms with Crippen LogP contribution in [0.1, 0.15) is 58.3 Å². The van der Waals surface area contributed by atoms with Crippen molar-refractivity contribution in [2.24, 2.45) is 5.92 Å². The average molecular weight is 266 g/mol. The van der Waals surface area contributed by atoms with Crippen LogP contribution >= 0.6 is 0 Å². The highest BCUT2D eigenvalue weighted by molar-refractivity contribution is 5.79. The third-order valence-corrected chi connectivity index (χ3v) is 4.41. The lowest BCUT2D eigenvalue weighted by Crippen LogP contribution is -2.48. The van der Waals surface area contributed by atoms with Gasteiger partial charge in [-0.3, -0.25) is 9.59 Å². The van der Waals surface area contributed by atoms with Crippen LogP contribution in [0.3, 0.4) is 0 Å². The molecule has 1 heterocycles. The Labute approximate surface area is 115 Å². The number of nitrogens with zero attached hydrogens (tertiary/aromatic N) is 1. The van der Waals surface area contributed by atoms with Gasteiger partial charge in [-0.25, -0.2) is 0 Å². The van der Waals surface area contributed by atoms with Crippen LogP contribution in [0.4, 0.5) is 0 Å². The first-order valence-corrected chi connectivity index (χ1v) is 7.79. The molecule has 4 nitrogen and oxygen atoms in total. The van der Waals surface area contributed by atoms with Crippen molar-refractivity contribution in [1.82, 2.24) is 10.2 Å². The number of hydrogen-bond acceptors (Lipinski definition) is 2. The van der Waals surface area contributed by atoms with Crippen molar-refractivity contribution in [3.05, 3.63) is 0 Å². The normalized spacial score (nSPS) is 21.0. The standard InChI is InChI=1S/C15H26N2O2/c1-2-3-7-14(18)17-10-8-13(9-11-17)16-15(19)12-5-4-6-12/h12-13H,2-11H2,1H3,(H,16,19). The predicted molar refractivity (Wildman–Crippen MR) is 74.6 cm³/mol. The highest BCUT2D eigenvalue weighted by atomic mass is 16.2. The number of amides is 2. The molecule has 1 aliphatic carbocycles. The molecule has 2 aliphatic rings. The molecule has 0 spiro atoms. The molecule has 0 aromatic carbocycles. The minimum atomic E-state index is 0.238. The largest absolute Gasteiger partial charge is 0.353 e. The van der Waals surface area contributed by atoms with E-state index < -0.39 is 0 Å². The van der Waals surface area contributed by atoms with E-state index in [0.717, 1.165) is 51.6 Å². The zero-order chi connectivity index (χ0) is 13.7. The van der Waals surface area contributed by atoms with Crippen molar-refractivity contribution in [2.45, 2.75) is 64.3 Å². The van der Waals surface area contributed by atoms with Crippen molar-refractivity contribution in [3.63, 3.8) is 0 Å². The Balaban J connectivity index is 1.67. The maximum Gasteiger partial charge on any atom is 0.223 e. The highest BCUT2D eigenvalue weighted by Gasteiger charge is 2.29. The Morgan fingerprint density at radius 3 is 2.37 bits per heavy atom. The lowest BCUT2D eigenvalue weighted by molar-refractivity contribution is -0.132. The van der Waals surface area contributed by atoms with Gasteiger partial charge in [0.05, 0.1) is 0 Å². The van der Waals surface area contributed by atoms with Crippen LogP contribution in [0.5, 0.6) is 0 Å². The van der Waals surface area contributed by atoms with Gasteiger partial charge in [0.25, 0.3) is 0 Å². The fourth-order valence-electron chi connectivity index (χ4n) is 2.75. The van der Waals surface area contributed by atoms with E-state index in [1.807, 2.05) is 4.90 Å². The van der Waals surface area contributed by atoms with Crippen LogP contribution in [0.2, 0.25) is 0 Å². The highest BCUT2D eigenvalue weighted by Crippen LogP contribution is 2.26. The van der Waals surface area contributed by atoms with Gasteiger partial charge in [0.2, 0.25) is 11.8 Å². The summed E-state index contributed by atoms with van der Waals surface area (Å²) < 4.78 is 0. The molecule has 2 amide bonds. The van der Waals surface area contributed by atoms with E-state index in [9.17, 15) is 9.59 Å². The summed E-state index contributed by atoms with van der Waals surface area (Å²) in [4.78, 5) is 25.7. The van der Waals surface area contributed by atoms with E-state index in [1.165, 1.54) is 6.42 Å².